The Morgan fingerprint density at radius 1 is 0.970 bits per heavy atom. The van der Waals surface area contributed by atoms with Gasteiger partial charge in [-0.2, -0.15) is 0 Å². The minimum atomic E-state index is -0.627. The van der Waals surface area contributed by atoms with Crippen molar-refractivity contribution in [2.45, 2.75) is 39.2 Å². The van der Waals surface area contributed by atoms with Crippen LogP contribution in [0.25, 0.3) is 11.1 Å². The molecule has 2 aromatic carbocycles. The quantitative estimate of drug-likeness (QED) is 0.595. The van der Waals surface area contributed by atoms with E-state index in [4.69, 9.17) is 0 Å². The van der Waals surface area contributed by atoms with Crippen LogP contribution in [0.2, 0.25) is 0 Å². The Balaban J connectivity index is 1.51. The molecule has 2 amide bonds. The molecular formula is C28H31N3O2. The van der Waals surface area contributed by atoms with Crippen LogP contribution in [0.15, 0.2) is 79.0 Å². The van der Waals surface area contributed by atoms with E-state index < -0.39 is 5.41 Å². The minimum Gasteiger partial charge on any atom is -0.353 e. The van der Waals surface area contributed by atoms with Crippen molar-refractivity contribution in [2.75, 3.05) is 13.1 Å². The first-order valence-corrected chi connectivity index (χ1v) is 11.6. The molecule has 1 fully saturated rings. The standard InChI is InChI=1S/C28H31N3O2/c1-21(2)30-27(33)28(15-17-31(20-28)26(32)18-25-10-6-7-16-29-25)19-22-11-13-24(14-12-22)23-8-4-3-5-9-23/h3-14,16,21H,15,17-20H2,1-2H3,(H,30,33)/t28-/m1/s1. The predicted molar refractivity (Wildman–Crippen MR) is 130 cm³/mol. The second-order valence-electron chi connectivity index (χ2n) is 9.21. The van der Waals surface area contributed by atoms with Crippen molar-refractivity contribution in [3.8, 4) is 11.1 Å². The number of nitrogens with zero attached hydrogens (tertiary/aromatic N) is 2. The largest absolute Gasteiger partial charge is 0.353 e. The fourth-order valence-electron chi connectivity index (χ4n) is 4.52. The SMILES string of the molecule is CC(C)NC(=O)[C@@]1(Cc2ccc(-c3ccccc3)cc2)CCN(C(=O)Cc2ccccn2)C1. The average molecular weight is 442 g/mol. The molecular weight excluding hydrogens is 410 g/mol. The lowest BCUT2D eigenvalue weighted by Gasteiger charge is -2.29. The van der Waals surface area contributed by atoms with E-state index in [9.17, 15) is 9.59 Å². The van der Waals surface area contributed by atoms with Gasteiger partial charge in [-0.1, -0.05) is 60.7 Å². The van der Waals surface area contributed by atoms with Crippen molar-refractivity contribution >= 4 is 11.8 Å². The summed E-state index contributed by atoms with van der Waals surface area (Å²) in [5, 5.41) is 3.10. The number of carbonyl (C=O) groups is 2. The molecule has 1 aliphatic rings. The highest BCUT2D eigenvalue weighted by Crippen LogP contribution is 2.36. The van der Waals surface area contributed by atoms with Gasteiger partial charge in [0.05, 0.1) is 11.8 Å². The maximum absolute atomic E-state index is 13.3. The molecule has 3 aromatic rings. The summed E-state index contributed by atoms with van der Waals surface area (Å²) in [4.78, 5) is 32.4. The molecule has 5 nitrogen and oxygen atoms in total. The van der Waals surface area contributed by atoms with E-state index >= 15 is 0 Å². The summed E-state index contributed by atoms with van der Waals surface area (Å²) in [5.41, 5.74) is 3.55. The summed E-state index contributed by atoms with van der Waals surface area (Å²) in [6, 6.07) is 24.3. The number of likely N-dealkylation sites (tertiary alicyclic amines) is 1. The molecule has 4 rings (SSSR count). The van der Waals surface area contributed by atoms with E-state index in [2.05, 4.69) is 46.7 Å². The number of nitrogens with one attached hydrogen (secondary N) is 1. The van der Waals surface area contributed by atoms with Gasteiger partial charge >= 0.3 is 0 Å². The van der Waals surface area contributed by atoms with E-state index in [1.807, 2.05) is 55.1 Å². The van der Waals surface area contributed by atoms with Crippen molar-refractivity contribution in [2.24, 2.45) is 5.41 Å². The van der Waals surface area contributed by atoms with Crippen molar-refractivity contribution in [3.05, 3.63) is 90.3 Å². The molecule has 5 heteroatoms. The monoisotopic (exact) mass is 441 g/mol. The van der Waals surface area contributed by atoms with Gasteiger partial charge in [-0.05, 0) is 55.5 Å². The van der Waals surface area contributed by atoms with Gasteiger partial charge in [-0.25, -0.2) is 0 Å². The number of benzene rings is 2. The van der Waals surface area contributed by atoms with Crippen LogP contribution in [-0.2, 0) is 22.4 Å². The summed E-state index contributed by atoms with van der Waals surface area (Å²) < 4.78 is 0. The molecule has 1 saturated heterocycles. The Hall–Kier alpha value is -3.47. The minimum absolute atomic E-state index is 0.0207. The second kappa shape index (κ2) is 9.99. The van der Waals surface area contributed by atoms with E-state index in [0.29, 0.717) is 25.9 Å². The Morgan fingerprint density at radius 2 is 1.67 bits per heavy atom. The molecule has 170 valence electrons. The maximum atomic E-state index is 13.3. The molecule has 0 aliphatic carbocycles. The topological polar surface area (TPSA) is 62.3 Å². The first-order valence-electron chi connectivity index (χ1n) is 11.6. The van der Waals surface area contributed by atoms with Crippen molar-refractivity contribution < 1.29 is 9.59 Å². The van der Waals surface area contributed by atoms with E-state index in [1.165, 1.54) is 5.56 Å². The molecule has 1 N–H and O–H groups in total. The molecule has 33 heavy (non-hydrogen) atoms. The lowest BCUT2D eigenvalue weighted by Crippen LogP contribution is -2.47. The number of hydrogen-bond acceptors (Lipinski definition) is 3. The molecule has 0 bridgehead atoms. The summed E-state index contributed by atoms with van der Waals surface area (Å²) in [7, 11) is 0. The maximum Gasteiger partial charge on any atom is 0.228 e. The third-order valence-electron chi connectivity index (χ3n) is 6.27. The Labute approximate surface area is 195 Å². The normalized spacial score (nSPS) is 17.8. The molecule has 0 unspecified atom stereocenters. The average Bonchev–Trinajstić information content (AvgIpc) is 3.26. The molecule has 2 heterocycles. The Morgan fingerprint density at radius 3 is 2.33 bits per heavy atom. The molecule has 0 radical (unpaired) electrons. The highest BCUT2D eigenvalue weighted by molar-refractivity contribution is 5.86. The summed E-state index contributed by atoms with van der Waals surface area (Å²) in [6.45, 7) is 4.95. The van der Waals surface area contributed by atoms with E-state index in [1.54, 1.807) is 6.20 Å². The fourth-order valence-corrected chi connectivity index (χ4v) is 4.52. The summed E-state index contributed by atoms with van der Waals surface area (Å²) >= 11 is 0. The number of pyridine rings is 1. The second-order valence-corrected chi connectivity index (χ2v) is 9.21. The van der Waals surface area contributed by atoms with Gasteiger partial charge < -0.3 is 10.2 Å². The van der Waals surface area contributed by atoms with Crippen LogP contribution in [0.4, 0.5) is 0 Å². The van der Waals surface area contributed by atoms with Gasteiger partial charge in [0, 0.05) is 31.0 Å². The van der Waals surface area contributed by atoms with E-state index in [0.717, 1.165) is 16.8 Å². The number of hydrogen-bond donors (Lipinski definition) is 1. The van der Waals surface area contributed by atoms with Gasteiger partial charge in [0.1, 0.15) is 0 Å². The fraction of sp³-hybridized carbons (Fsp3) is 0.321. The lowest BCUT2D eigenvalue weighted by atomic mass is 9.79. The Kier molecular flexibility index (Phi) is 6.87. The van der Waals surface area contributed by atoms with Gasteiger partial charge in [-0.3, -0.25) is 14.6 Å². The van der Waals surface area contributed by atoms with Crippen LogP contribution in [-0.4, -0.2) is 40.8 Å². The van der Waals surface area contributed by atoms with E-state index in [-0.39, 0.29) is 24.3 Å². The van der Waals surface area contributed by atoms with Crippen molar-refractivity contribution in [1.29, 1.82) is 0 Å². The van der Waals surface area contributed by atoms with Crippen LogP contribution in [0.1, 0.15) is 31.5 Å². The van der Waals surface area contributed by atoms with Gasteiger partial charge in [0.15, 0.2) is 0 Å². The zero-order valence-corrected chi connectivity index (χ0v) is 19.3. The molecule has 0 saturated carbocycles. The summed E-state index contributed by atoms with van der Waals surface area (Å²) in [6.07, 6.45) is 3.22. The highest BCUT2D eigenvalue weighted by atomic mass is 16.2. The van der Waals surface area contributed by atoms with Crippen LogP contribution >= 0.6 is 0 Å². The van der Waals surface area contributed by atoms with Gasteiger partial charge in [0.25, 0.3) is 0 Å². The van der Waals surface area contributed by atoms with Crippen LogP contribution in [0.5, 0.6) is 0 Å². The molecule has 1 atom stereocenters. The number of amides is 2. The van der Waals surface area contributed by atoms with Crippen molar-refractivity contribution in [1.82, 2.24) is 15.2 Å². The Bertz CT molecular complexity index is 1080. The van der Waals surface area contributed by atoms with Crippen LogP contribution < -0.4 is 5.32 Å². The zero-order chi connectivity index (χ0) is 23.3. The van der Waals surface area contributed by atoms with Gasteiger partial charge in [-0.15, -0.1) is 0 Å². The number of aromatic nitrogens is 1. The van der Waals surface area contributed by atoms with Crippen LogP contribution in [0.3, 0.4) is 0 Å². The first-order chi connectivity index (χ1) is 15.9. The molecule has 0 spiro atoms. The molecule has 1 aliphatic heterocycles. The predicted octanol–water partition coefficient (Wildman–Crippen LogP) is 4.28. The highest BCUT2D eigenvalue weighted by Gasteiger charge is 2.46. The smallest absolute Gasteiger partial charge is 0.228 e. The zero-order valence-electron chi connectivity index (χ0n) is 19.3. The summed E-state index contributed by atoms with van der Waals surface area (Å²) in [5.74, 6) is 0.0464. The third kappa shape index (κ3) is 5.48. The van der Waals surface area contributed by atoms with Crippen molar-refractivity contribution in [3.63, 3.8) is 0 Å². The first kappa shape index (κ1) is 22.7. The van der Waals surface area contributed by atoms with Crippen LogP contribution in [0, 0.1) is 5.41 Å². The number of rotatable bonds is 7. The lowest BCUT2D eigenvalue weighted by molar-refractivity contribution is -0.133. The number of carbonyl (C=O) groups excluding carboxylic acids is 2. The van der Waals surface area contributed by atoms with Gasteiger partial charge in [0.2, 0.25) is 11.8 Å². The third-order valence-corrected chi connectivity index (χ3v) is 6.27. The molecule has 1 aromatic heterocycles.